The molecule has 3 aromatic rings. The predicted molar refractivity (Wildman–Crippen MR) is 134 cm³/mol. The second-order valence-corrected chi connectivity index (χ2v) is 8.66. The lowest BCUT2D eigenvalue weighted by molar-refractivity contribution is -0.143. The molecule has 0 fully saturated rings. The zero-order valence-electron chi connectivity index (χ0n) is 18.8. The summed E-state index contributed by atoms with van der Waals surface area (Å²) in [6.07, 6.45) is 0. The van der Waals surface area contributed by atoms with E-state index < -0.39 is 29.5 Å². The summed E-state index contributed by atoms with van der Waals surface area (Å²) in [5, 5.41) is 15.8. The number of hydrogen-bond donors (Lipinski definition) is 4. The van der Waals surface area contributed by atoms with Crippen molar-refractivity contribution in [2.24, 2.45) is 5.92 Å². The van der Waals surface area contributed by atoms with Gasteiger partial charge in [-0.2, -0.15) is 12.6 Å². The van der Waals surface area contributed by atoms with Gasteiger partial charge >= 0.3 is 5.97 Å². The molecule has 3 aromatic carbocycles. The van der Waals surface area contributed by atoms with Gasteiger partial charge < -0.3 is 10.4 Å². The summed E-state index contributed by atoms with van der Waals surface area (Å²) in [6.45, 7) is 3.54. The normalized spacial score (nSPS) is 13.3. The van der Waals surface area contributed by atoms with Crippen molar-refractivity contribution in [3.8, 4) is 0 Å². The topological polar surface area (TPSA) is 78.4 Å². The van der Waals surface area contributed by atoms with Crippen molar-refractivity contribution >= 4 is 24.5 Å². The molecule has 0 heterocycles. The number of amides is 1. The molecule has 0 spiro atoms. The molecular formula is C27H30N2O3S. The second kappa shape index (κ2) is 11.2. The van der Waals surface area contributed by atoms with E-state index in [4.69, 9.17) is 0 Å². The molecule has 0 aliphatic carbocycles. The predicted octanol–water partition coefficient (Wildman–Crippen LogP) is 4.09. The zero-order chi connectivity index (χ0) is 23.8. The van der Waals surface area contributed by atoms with E-state index in [0.717, 1.165) is 16.7 Å². The van der Waals surface area contributed by atoms with E-state index in [9.17, 15) is 14.7 Å². The number of carbonyl (C=O) groups is 2. The highest BCUT2D eigenvalue weighted by atomic mass is 32.1. The molecule has 0 aromatic heterocycles. The van der Waals surface area contributed by atoms with Crippen molar-refractivity contribution in [1.29, 1.82) is 0 Å². The summed E-state index contributed by atoms with van der Waals surface area (Å²) in [7, 11) is 0. The minimum absolute atomic E-state index is 0.185. The maximum Gasteiger partial charge on any atom is 0.326 e. The third-order valence-electron chi connectivity index (χ3n) is 5.74. The smallest absolute Gasteiger partial charge is 0.326 e. The molecule has 0 unspecified atom stereocenters. The van der Waals surface area contributed by atoms with Crippen molar-refractivity contribution in [2.45, 2.75) is 31.5 Å². The number of hydrogen-bond acceptors (Lipinski definition) is 4. The largest absolute Gasteiger partial charge is 0.480 e. The van der Waals surface area contributed by atoms with E-state index in [-0.39, 0.29) is 11.7 Å². The Labute approximate surface area is 200 Å². The van der Waals surface area contributed by atoms with Crippen LogP contribution >= 0.6 is 12.6 Å². The van der Waals surface area contributed by atoms with Gasteiger partial charge in [-0.15, -0.1) is 0 Å². The Kier molecular flexibility index (Phi) is 8.31. The summed E-state index contributed by atoms with van der Waals surface area (Å²) in [5.41, 5.74) is 2.02. The van der Waals surface area contributed by atoms with Crippen molar-refractivity contribution in [3.05, 3.63) is 108 Å². The molecule has 3 N–H and O–H groups in total. The molecule has 172 valence electrons. The van der Waals surface area contributed by atoms with Crippen LogP contribution in [-0.4, -0.2) is 34.8 Å². The summed E-state index contributed by atoms with van der Waals surface area (Å²) in [4.78, 5) is 25.0. The van der Waals surface area contributed by atoms with Gasteiger partial charge in [-0.05, 0) is 22.6 Å². The quantitative estimate of drug-likeness (QED) is 0.270. The van der Waals surface area contributed by atoms with Crippen LogP contribution in [0.1, 0.15) is 30.5 Å². The van der Waals surface area contributed by atoms with Crippen LogP contribution in [0.2, 0.25) is 0 Å². The van der Waals surface area contributed by atoms with Crippen LogP contribution in [0, 0.1) is 5.92 Å². The Bertz CT molecular complexity index is 946. The van der Waals surface area contributed by atoms with E-state index in [2.05, 4.69) is 23.3 Å². The number of carboxylic acids is 1. The number of benzene rings is 3. The Hall–Kier alpha value is -3.09. The molecule has 0 saturated heterocycles. The molecule has 0 bridgehead atoms. The van der Waals surface area contributed by atoms with Gasteiger partial charge in [-0.25, -0.2) is 4.79 Å². The highest BCUT2D eigenvalue weighted by molar-refractivity contribution is 7.80. The number of carboxylic acid groups (broad SMARTS) is 1. The first-order valence-corrected chi connectivity index (χ1v) is 11.6. The third kappa shape index (κ3) is 5.46. The monoisotopic (exact) mass is 462 g/mol. The van der Waals surface area contributed by atoms with Crippen molar-refractivity contribution < 1.29 is 14.7 Å². The van der Waals surface area contributed by atoms with E-state index in [0.29, 0.717) is 0 Å². The van der Waals surface area contributed by atoms with E-state index in [1.807, 2.05) is 91.0 Å². The minimum Gasteiger partial charge on any atom is -0.480 e. The standard InChI is InChI=1S/C27H30N2O3S/c1-19(2)24(26(31)32)28-25(30)23(18-33)29-27(20-12-6-3-7-13-20,21-14-8-4-9-15-21)22-16-10-5-11-17-22/h3-17,19,23-24,29,33H,18H2,1-2H3,(H,28,30)(H,31,32)/t23-,24-/m0/s1. The number of rotatable bonds is 10. The van der Waals surface area contributed by atoms with Gasteiger partial charge in [0.15, 0.2) is 0 Å². The van der Waals surface area contributed by atoms with Gasteiger partial charge in [0.25, 0.3) is 0 Å². The Morgan fingerprint density at radius 2 is 1.21 bits per heavy atom. The summed E-state index contributed by atoms with van der Waals surface area (Å²) >= 11 is 4.46. The maximum absolute atomic E-state index is 13.3. The van der Waals surface area contributed by atoms with Crippen LogP contribution in [0.4, 0.5) is 0 Å². The summed E-state index contributed by atoms with van der Waals surface area (Å²) < 4.78 is 0. The van der Waals surface area contributed by atoms with Gasteiger partial charge in [0, 0.05) is 5.75 Å². The van der Waals surface area contributed by atoms with Gasteiger partial charge in [-0.1, -0.05) is 105 Å². The fourth-order valence-corrected chi connectivity index (χ4v) is 4.29. The molecule has 33 heavy (non-hydrogen) atoms. The zero-order valence-corrected chi connectivity index (χ0v) is 19.7. The van der Waals surface area contributed by atoms with Gasteiger partial charge in [-0.3, -0.25) is 10.1 Å². The van der Waals surface area contributed by atoms with Crippen LogP contribution < -0.4 is 10.6 Å². The first kappa shape index (κ1) is 24.6. The van der Waals surface area contributed by atoms with Crippen molar-refractivity contribution in [3.63, 3.8) is 0 Å². The molecule has 3 rings (SSSR count). The third-order valence-corrected chi connectivity index (χ3v) is 6.11. The average Bonchev–Trinajstić information content (AvgIpc) is 2.84. The van der Waals surface area contributed by atoms with Crippen molar-refractivity contribution in [2.75, 3.05) is 5.75 Å². The fraction of sp³-hybridized carbons (Fsp3) is 0.259. The maximum atomic E-state index is 13.3. The van der Waals surface area contributed by atoms with Gasteiger partial charge in [0.1, 0.15) is 6.04 Å². The van der Waals surface area contributed by atoms with Crippen molar-refractivity contribution in [1.82, 2.24) is 10.6 Å². The molecule has 0 saturated carbocycles. The SMILES string of the molecule is CC(C)[C@H](NC(=O)[C@H](CS)NC(c1ccccc1)(c1ccccc1)c1ccccc1)C(=O)O. The molecule has 0 aliphatic rings. The average molecular weight is 463 g/mol. The van der Waals surface area contributed by atoms with Crippen LogP contribution in [0.3, 0.4) is 0 Å². The fourth-order valence-electron chi connectivity index (χ4n) is 4.04. The van der Waals surface area contributed by atoms with E-state index in [1.165, 1.54) is 0 Å². The number of carbonyl (C=O) groups excluding carboxylic acids is 1. The molecule has 1 amide bonds. The summed E-state index contributed by atoms with van der Waals surface area (Å²) in [5.74, 6) is -1.53. The lowest BCUT2D eigenvalue weighted by Gasteiger charge is -2.39. The van der Waals surface area contributed by atoms with Crippen LogP contribution in [-0.2, 0) is 15.1 Å². The lowest BCUT2D eigenvalue weighted by Crippen LogP contribution is -2.58. The van der Waals surface area contributed by atoms with E-state index >= 15 is 0 Å². The number of nitrogens with one attached hydrogen (secondary N) is 2. The van der Waals surface area contributed by atoms with Crippen LogP contribution in [0.5, 0.6) is 0 Å². The highest BCUT2D eigenvalue weighted by Gasteiger charge is 2.40. The Morgan fingerprint density at radius 3 is 1.52 bits per heavy atom. The first-order valence-electron chi connectivity index (χ1n) is 11.0. The molecule has 2 atom stereocenters. The summed E-state index contributed by atoms with van der Waals surface area (Å²) in [6, 6.07) is 28.0. The molecule has 5 nitrogen and oxygen atoms in total. The lowest BCUT2D eigenvalue weighted by atomic mass is 9.76. The first-order chi connectivity index (χ1) is 15.9. The van der Waals surface area contributed by atoms with Gasteiger partial charge in [0.2, 0.25) is 5.91 Å². The highest BCUT2D eigenvalue weighted by Crippen LogP contribution is 2.37. The Balaban J connectivity index is 2.13. The Morgan fingerprint density at radius 1 is 0.818 bits per heavy atom. The molecule has 6 heteroatoms. The minimum atomic E-state index is -1.06. The second-order valence-electron chi connectivity index (χ2n) is 8.30. The molecule has 0 radical (unpaired) electrons. The van der Waals surface area contributed by atoms with Gasteiger partial charge in [0.05, 0.1) is 11.6 Å². The van der Waals surface area contributed by atoms with E-state index in [1.54, 1.807) is 13.8 Å². The van der Waals surface area contributed by atoms with Crippen LogP contribution in [0.25, 0.3) is 0 Å². The molecule has 0 aliphatic heterocycles. The molecular weight excluding hydrogens is 432 g/mol. The number of aliphatic carboxylic acids is 1. The van der Waals surface area contributed by atoms with Crippen LogP contribution in [0.15, 0.2) is 91.0 Å². The number of thiol groups is 1.